The highest BCUT2D eigenvalue weighted by Gasteiger charge is 2.45. The Morgan fingerprint density at radius 1 is 1.13 bits per heavy atom. The number of carbonyl (C=O) groups is 2. The van der Waals surface area contributed by atoms with Crippen LogP contribution in [0, 0.1) is 10.1 Å². The average molecular weight is 528 g/mol. The van der Waals surface area contributed by atoms with Crippen molar-refractivity contribution in [2.75, 3.05) is 11.5 Å². The zero-order valence-electron chi connectivity index (χ0n) is 19.7. The lowest BCUT2D eigenvalue weighted by molar-refractivity contribution is -0.384. The number of amides is 1. The van der Waals surface area contributed by atoms with Gasteiger partial charge in [0.15, 0.2) is 10.6 Å². The minimum absolute atomic E-state index is 0.108. The van der Waals surface area contributed by atoms with E-state index in [4.69, 9.17) is 9.15 Å². The second kappa shape index (κ2) is 8.89. The molecular formula is C27H17N3O7S. The van der Waals surface area contributed by atoms with Crippen molar-refractivity contribution >= 4 is 55.2 Å². The van der Waals surface area contributed by atoms with Gasteiger partial charge in [-0.1, -0.05) is 23.5 Å². The lowest BCUT2D eigenvalue weighted by Crippen LogP contribution is -2.29. The molecule has 6 rings (SSSR count). The molecule has 2 aromatic heterocycles. The van der Waals surface area contributed by atoms with Crippen molar-refractivity contribution in [3.8, 4) is 0 Å². The number of aromatic nitrogens is 1. The van der Waals surface area contributed by atoms with Crippen LogP contribution in [0.4, 0.5) is 10.8 Å². The first-order valence-corrected chi connectivity index (χ1v) is 12.4. The topological polar surface area (TPSA) is 133 Å². The highest BCUT2D eigenvalue weighted by Crippen LogP contribution is 2.44. The van der Waals surface area contributed by atoms with Crippen LogP contribution in [0.25, 0.3) is 21.2 Å². The van der Waals surface area contributed by atoms with Gasteiger partial charge < -0.3 is 9.15 Å². The normalized spacial score (nSPS) is 14.7. The zero-order chi connectivity index (χ0) is 26.6. The van der Waals surface area contributed by atoms with Crippen molar-refractivity contribution < 1.29 is 23.7 Å². The van der Waals surface area contributed by atoms with E-state index < -0.39 is 22.8 Å². The Morgan fingerprint density at radius 3 is 2.63 bits per heavy atom. The Bertz CT molecular complexity index is 1840. The van der Waals surface area contributed by atoms with E-state index in [-0.39, 0.29) is 39.8 Å². The number of nitro benzene ring substituents is 1. The molecule has 1 aliphatic rings. The van der Waals surface area contributed by atoms with Gasteiger partial charge in [0.25, 0.3) is 11.6 Å². The summed E-state index contributed by atoms with van der Waals surface area (Å²) in [6, 6.07) is 16.3. The number of carbonyl (C=O) groups excluding carboxylic acids is 2. The minimum Gasteiger partial charge on any atom is -0.462 e. The number of esters is 1. The summed E-state index contributed by atoms with van der Waals surface area (Å²) in [6.07, 6.45) is 0. The molecule has 1 atom stereocenters. The van der Waals surface area contributed by atoms with Gasteiger partial charge in [-0.05, 0) is 55.0 Å². The third-order valence-corrected chi connectivity index (χ3v) is 7.31. The van der Waals surface area contributed by atoms with Gasteiger partial charge in [-0.3, -0.25) is 24.6 Å². The second-order valence-electron chi connectivity index (χ2n) is 8.50. The van der Waals surface area contributed by atoms with Gasteiger partial charge in [-0.15, -0.1) is 0 Å². The van der Waals surface area contributed by atoms with Crippen LogP contribution in [0.2, 0.25) is 0 Å². The van der Waals surface area contributed by atoms with E-state index in [1.165, 1.54) is 40.5 Å². The average Bonchev–Trinajstić information content (AvgIpc) is 3.47. The van der Waals surface area contributed by atoms with E-state index in [9.17, 15) is 24.5 Å². The molecule has 10 nitrogen and oxygen atoms in total. The molecule has 188 valence electrons. The van der Waals surface area contributed by atoms with E-state index in [0.29, 0.717) is 26.7 Å². The predicted molar refractivity (Wildman–Crippen MR) is 140 cm³/mol. The maximum absolute atomic E-state index is 13.8. The van der Waals surface area contributed by atoms with Crippen molar-refractivity contribution in [2.45, 2.75) is 13.0 Å². The Morgan fingerprint density at radius 2 is 1.89 bits per heavy atom. The van der Waals surface area contributed by atoms with Crippen molar-refractivity contribution in [1.29, 1.82) is 0 Å². The number of ether oxygens (including phenoxy) is 1. The molecule has 0 fully saturated rings. The number of non-ortho nitro benzene ring substituents is 1. The molecule has 1 unspecified atom stereocenters. The predicted octanol–water partition coefficient (Wildman–Crippen LogP) is 5.24. The molecule has 0 radical (unpaired) electrons. The van der Waals surface area contributed by atoms with Gasteiger partial charge >= 0.3 is 5.97 Å². The molecule has 0 bridgehead atoms. The smallest absolute Gasteiger partial charge is 0.338 e. The highest BCUT2D eigenvalue weighted by molar-refractivity contribution is 7.22. The number of benzene rings is 3. The van der Waals surface area contributed by atoms with Gasteiger partial charge in [0, 0.05) is 12.1 Å². The van der Waals surface area contributed by atoms with Crippen molar-refractivity contribution in [3.63, 3.8) is 0 Å². The summed E-state index contributed by atoms with van der Waals surface area (Å²) in [4.78, 5) is 56.3. The molecule has 11 heteroatoms. The summed E-state index contributed by atoms with van der Waals surface area (Å²) in [5.41, 5.74) is 1.30. The number of hydrogen-bond acceptors (Lipinski definition) is 9. The Hall–Kier alpha value is -4.90. The van der Waals surface area contributed by atoms with Gasteiger partial charge in [-0.2, -0.15) is 0 Å². The number of nitrogens with zero attached hydrogens (tertiary/aromatic N) is 3. The molecule has 1 amide bonds. The van der Waals surface area contributed by atoms with Crippen molar-refractivity contribution in [3.05, 3.63) is 110 Å². The lowest BCUT2D eigenvalue weighted by Gasteiger charge is -2.22. The maximum atomic E-state index is 13.8. The first-order chi connectivity index (χ1) is 18.4. The fourth-order valence-corrected chi connectivity index (χ4v) is 5.60. The van der Waals surface area contributed by atoms with Crippen LogP contribution in [-0.4, -0.2) is 28.4 Å². The quantitative estimate of drug-likeness (QED) is 0.172. The number of anilines is 1. The molecule has 1 aliphatic heterocycles. The summed E-state index contributed by atoms with van der Waals surface area (Å²) >= 11 is 1.17. The van der Waals surface area contributed by atoms with Crippen LogP contribution >= 0.6 is 11.3 Å². The minimum atomic E-state index is -0.927. The van der Waals surface area contributed by atoms with E-state index in [0.717, 1.165) is 0 Å². The van der Waals surface area contributed by atoms with Crippen molar-refractivity contribution in [1.82, 2.24) is 4.98 Å². The van der Waals surface area contributed by atoms with E-state index in [1.807, 2.05) is 0 Å². The summed E-state index contributed by atoms with van der Waals surface area (Å²) in [5.74, 6) is -1.14. The fraction of sp³-hybridized carbons (Fsp3) is 0.111. The number of para-hydroxylation sites is 1. The molecule has 38 heavy (non-hydrogen) atoms. The Balaban J connectivity index is 1.55. The summed E-state index contributed by atoms with van der Waals surface area (Å²) in [7, 11) is 0. The fourth-order valence-electron chi connectivity index (χ4n) is 4.57. The highest BCUT2D eigenvalue weighted by atomic mass is 32.1. The third-order valence-electron chi connectivity index (χ3n) is 6.29. The lowest BCUT2D eigenvalue weighted by atomic mass is 9.98. The summed E-state index contributed by atoms with van der Waals surface area (Å²) in [6.45, 7) is 1.95. The van der Waals surface area contributed by atoms with Crippen LogP contribution in [0.3, 0.4) is 0 Å². The number of hydrogen-bond donors (Lipinski definition) is 0. The molecule has 5 aromatic rings. The Kier molecular flexibility index (Phi) is 5.50. The second-order valence-corrected chi connectivity index (χ2v) is 9.50. The van der Waals surface area contributed by atoms with Gasteiger partial charge in [0.2, 0.25) is 5.76 Å². The third kappa shape index (κ3) is 3.63. The van der Waals surface area contributed by atoms with E-state index in [2.05, 4.69) is 4.98 Å². The standard InChI is InChI=1S/C27H17N3O7S/c1-2-36-26(33)15-9-12-18-20(13-15)38-27(28-18)29-22(14-7-10-16(11-8-14)30(34)35)21-23(31)17-5-3-4-6-19(17)37-24(21)25(29)32/h3-13,22H,2H2,1H3. The van der Waals surface area contributed by atoms with Crippen LogP contribution in [-0.2, 0) is 4.74 Å². The molecule has 3 aromatic carbocycles. The van der Waals surface area contributed by atoms with Crippen LogP contribution in [0.5, 0.6) is 0 Å². The SMILES string of the molecule is CCOC(=O)c1ccc2nc(N3C(=O)c4oc5ccccc5c(=O)c4C3c3ccc([N+](=O)[O-])cc3)sc2c1. The maximum Gasteiger partial charge on any atom is 0.338 e. The monoisotopic (exact) mass is 527 g/mol. The molecule has 0 aliphatic carbocycles. The Labute approximate surface area is 217 Å². The summed E-state index contributed by atoms with van der Waals surface area (Å²) < 4.78 is 11.7. The van der Waals surface area contributed by atoms with Crippen LogP contribution < -0.4 is 10.3 Å². The first kappa shape index (κ1) is 23.5. The zero-order valence-corrected chi connectivity index (χ0v) is 20.6. The molecule has 3 heterocycles. The molecule has 0 N–H and O–H groups in total. The van der Waals surface area contributed by atoms with Gasteiger partial charge in [-0.25, -0.2) is 9.78 Å². The first-order valence-electron chi connectivity index (χ1n) is 11.6. The number of thiazole rings is 1. The van der Waals surface area contributed by atoms with Crippen LogP contribution in [0.1, 0.15) is 45.0 Å². The molecule has 0 saturated heterocycles. The van der Waals surface area contributed by atoms with Gasteiger partial charge in [0.05, 0.1) is 44.3 Å². The van der Waals surface area contributed by atoms with Crippen LogP contribution in [0.15, 0.2) is 75.9 Å². The molecular weight excluding hydrogens is 510 g/mol. The summed E-state index contributed by atoms with van der Waals surface area (Å²) in [5, 5.41) is 11.8. The number of rotatable bonds is 5. The van der Waals surface area contributed by atoms with Gasteiger partial charge in [0.1, 0.15) is 5.58 Å². The number of fused-ring (bicyclic) bond motifs is 3. The molecule has 0 saturated carbocycles. The van der Waals surface area contributed by atoms with E-state index in [1.54, 1.807) is 49.4 Å². The largest absolute Gasteiger partial charge is 0.462 e. The van der Waals surface area contributed by atoms with E-state index >= 15 is 0 Å². The number of nitro groups is 1. The molecule has 0 spiro atoms. The van der Waals surface area contributed by atoms with Crippen molar-refractivity contribution in [2.24, 2.45) is 0 Å².